The number of nitrogens with zero attached hydrogens (tertiary/aromatic N) is 1. The van der Waals surface area contributed by atoms with Gasteiger partial charge in [0.25, 0.3) is 0 Å². The maximum atomic E-state index is 12.7. The van der Waals surface area contributed by atoms with E-state index in [1.807, 2.05) is 38.1 Å². The maximum absolute atomic E-state index is 12.7. The van der Waals surface area contributed by atoms with Gasteiger partial charge < -0.3 is 10.2 Å². The fourth-order valence-corrected chi connectivity index (χ4v) is 2.89. The molecule has 1 atom stereocenters. The van der Waals surface area contributed by atoms with Crippen LogP contribution < -0.4 is 5.32 Å². The molecular formula is C16H21IN2O2. The lowest BCUT2D eigenvalue weighted by Crippen LogP contribution is -2.72. The number of hydrogen-bond acceptors (Lipinski definition) is 2. The molecule has 0 bridgehead atoms. The van der Waals surface area contributed by atoms with E-state index >= 15 is 0 Å². The molecule has 0 spiro atoms. The molecular weight excluding hydrogens is 379 g/mol. The van der Waals surface area contributed by atoms with E-state index in [2.05, 4.69) is 27.9 Å². The van der Waals surface area contributed by atoms with Gasteiger partial charge in [-0.1, -0.05) is 19.1 Å². The van der Waals surface area contributed by atoms with Crippen molar-refractivity contribution in [1.82, 2.24) is 10.2 Å². The topological polar surface area (TPSA) is 49.4 Å². The number of hydrogen-bond donors (Lipinski definition) is 1. The second kappa shape index (κ2) is 5.59. The maximum Gasteiger partial charge on any atom is 0.248 e. The zero-order chi connectivity index (χ0) is 15.8. The van der Waals surface area contributed by atoms with Crippen molar-refractivity contribution in [2.75, 3.05) is 0 Å². The summed E-state index contributed by atoms with van der Waals surface area (Å²) in [6, 6.07) is 8.03. The van der Waals surface area contributed by atoms with Crippen LogP contribution >= 0.6 is 22.6 Å². The molecule has 0 aromatic heterocycles. The zero-order valence-corrected chi connectivity index (χ0v) is 15.0. The van der Waals surface area contributed by atoms with Crippen molar-refractivity contribution in [2.45, 2.75) is 51.7 Å². The highest BCUT2D eigenvalue weighted by Gasteiger charge is 2.51. The van der Waals surface area contributed by atoms with Crippen molar-refractivity contribution in [2.24, 2.45) is 0 Å². The smallest absolute Gasteiger partial charge is 0.248 e. The van der Waals surface area contributed by atoms with E-state index in [1.54, 1.807) is 18.7 Å². The number of amides is 2. The van der Waals surface area contributed by atoms with Crippen LogP contribution in [0.1, 0.15) is 39.7 Å². The Labute approximate surface area is 139 Å². The second-order valence-electron chi connectivity index (χ2n) is 6.22. The third-order valence-corrected chi connectivity index (χ3v) is 4.95. The first-order valence-electron chi connectivity index (χ1n) is 7.10. The summed E-state index contributed by atoms with van der Waals surface area (Å²) in [6.07, 6.45) is 0.588. The number of halogens is 1. The fraction of sp³-hybridized carbons (Fsp3) is 0.500. The molecule has 0 aliphatic carbocycles. The summed E-state index contributed by atoms with van der Waals surface area (Å²) in [5.41, 5.74) is -0.612. The minimum absolute atomic E-state index is 0.0370. The Hall–Kier alpha value is -1.11. The number of benzene rings is 1. The van der Waals surface area contributed by atoms with Crippen molar-refractivity contribution in [1.29, 1.82) is 0 Å². The molecule has 1 aliphatic heterocycles. The SMILES string of the molecule is CCC1(C)C(=O)NC(C)(C)C(=O)N1Cc1ccc(I)cc1. The minimum Gasteiger partial charge on any atom is -0.340 e. The summed E-state index contributed by atoms with van der Waals surface area (Å²) in [7, 11) is 0. The van der Waals surface area contributed by atoms with Gasteiger partial charge in [-0.25, -0.2) is 0 Å². The molecule has 1 saturated heterocycles. The lowest BCUT2D eigenvalue weighted by molar-refractivity contribution is -0.161. The Morgan fingerprint density at radius 2 is 1.71 bits per heavy atom. The molecule has 1 unspecified atom stereocenters. The van der Waals surface area contributed by atoms with Crippen LogP contribution in [0.3, 0.4) is 0 Å². The van der Waals surface area contributed by atoms with E-state index in [1.165, 1.54) is 0 Å². The summed E-state index contributed by atoms with van der Waals surface area (Å²) in [5, 5.41) is 2.84. The molecule has 1 aromatic rings. The average molecular weight is 400 g/mol. The van der Waals surface area contributed by atoms with Gasteiger partial charge in [0.2, 0.25) is 11.8 Å². The van der Waals surface area contributed by atoms with Crippen LogP contribution in [-0.4, -0.2) is 27.8 Å². The van der Waals surface area contributed by atoms with Crippen molar-refractivity contribution < 1.29 is 9.59 Å². The Morgan fingerprint density at radius 3 is 2.24 bits per heavy atom. The zero-order valence-electron chi connectivity index (χ0n) is 12.9. The fourth-order valence-electron chi connectivity index (χ4n) is 2.53. The molecule has 0 saturated carbocycles. The molecule has 4 nitrogen and oxygen atoms in total. The van der Waals surface area contributed by atoms with Crippen molar-refractivity contribution >= 4 is 34.4 Å². The highest BCUT2D eigenvalue weighted by molar-refractivity contribution is 14.1. The molecule has 1 aromatic carbocycles. The first-order chi connectivity index (χ1) is 9.70. The summed E-state index contributed by atoms with van der Waals surface area (Å²) in [4.78, 5) is 26.9. The normalized spacial score (nSPS) is 24.9. The van der Waals surface area contributed by atoms with Gasteiger partial charge in [0.05, 0.1) is 0 Å². The predicted octanol–water partition coefficient (Wildman–Crippen LogP) is 2.70. The molecule has 21 heavy (non-hydrogen) atoms. The van der Waals surface area contributed by atoms with E-state index in [9.17, 15) is 9.59 Å². The van der Waals surface area contributed by atoms with E-state index < -0.39 is 11.1 Å². The highest BCUT2D eigenvalue weighted by Crippen LogP contribution is 2.30. The van der Waals surface area contributed by atoms with Crippen LogP contribution in [0, 0.1) is 3.57 Å². The Morgan fingerprint density at radius 1 is 1.14 bits per heavy atom. The van der Waals surface area contributed by atoms with Gasteiger partial charge in [-0.2, -0.15) is 0 Å². The predicted molar refractivity (Wildman–Crippen MR) is 90.6 cm³/mol. The number of carbonyl (C=O) groups is 2. The van der Waals surface area contributed by atoms with Gasteiger partial charge in [0.1, 0.15) is 11.1 Å². The summed E-state index contributed by atoms with van der Waals surface area (Å²) in [5.74, 6) is -0.120. The van der Waals surface area contributed by atoms with Crippen molar-refractivity contribution in [3.8, 4) is 0 Å². The van der Waals surface area contributed by atoms with Crippen molar-refractivity contribution in [3.63, 3.8) is 0 Å². The van der Waals surface area contributed by atoms with Crippen LogP contribution in [0.4, 0.5) is 0 Å². The van der Waals surface area contributed by atoms with Gasteiger partial charge in [-0.15, -0.1) is 0 Å². The standard InChI is InChI=1S/C16H21IN2O2/c1-5-16(4)13(20)18-15(2,3)14(21)19(16)10-11-6-8-12(17)9-7-11/h6-9H,5,10H2,1-4H3,(H,18,20). The molecule has 1 N–H and O–H groups in total. The Bertz CT molecular complexity index is 568. The van der Waals surface area contributed by atoms with Crippen LogP contribution in [0.2, 0.25) is 0 Å². The third-order valence-electron chi connectivity index (χ3n) is 4.23. The lowest BCUT2D eigenvalue weighted by Gasteiger charge is -2.49. The van der Waals surface area contributed by atoms with Crippen LogP contribution in [0.25, 0.3) is 0 Å². The first-order valence-corrected chi connectivity index (χ1v) is 8.18. The first kappa shape index (κ1) is 16.3. The van der Waals surface area contributed by atoms with E-state index in [0.29, 0.717) is 13.0 Å². The average Bonchev–Trinajstić information content (AvgIpc) is 2.43. The quantitative estimate of drug-likeness (QED) is 0.794. The van der Waals surface area contributed by atoms with E-state index in [4.69, 9.17) is 0 Å². The van der Waals surface area contributed by atoms with Crippen LogP contribution in [0.5, 0.6) is 0 Å². The Balaban J connectivity index is 2.37. The molecule has 2 amide bonds. The molecule has 5 heteroatoms. The summed E-state index contributed by atoms with van der Waals surface area (Å²) < 4.78 is 1.15. The van der Waals surface area contributed by atoms with Gasteiger partial charge in [0, 0.05) is 10.1 Å². The molecule has 114 valence electrons. The summed E-state index contributed by atoms with van der Waals surface area (Å²) >= 11 is 2.25. The molecule has 1 aliphatic rings. The highest BCUT2D eigenvalue weighted by atomic mass is 127. The van der Waals surface area contributed by atoms with Gasteiger partial charge in [0.15, 0.2) is 0 Å². The summed E-state index contributed by atoms with van der Waals surface area (Å²) in [6.45, 7) is 7.73. The number of piperazine rings is 1. The van der Waals surface area contributed by atoms with Crippen molar-refractivity contribution in [3.05, 3.63) is 33.4 Å². The molecule has 0 radical (unpaired) electrons. The van der Waals surface area contributed by atoms with Gasteiger partial charge >= 0.3 is 0 Å². The lowest BCUT2D eigenvalue weighted by atomic mass is 9.86. The number of carbonyl (C=O) groups excluding carboxylic acids is 2. The second-order valence-corrected chi connectivity index (χ2v) is 7.47. The van der Waals surface area contributed by atoms with Crippen LogP contribution in [-0.2, 0) is 16.1 Å². The Kier molecular flexibility index (Phi) is 4.33. The monoisotopic (exact) mass is 400 g/mol. The molecule has 1 heterocycles. The number of nitrogens with one attached hydrogen (secondary N) is 1. The van der Waals surface area contributed by atoms with E-state index in [-0.39, 0.29) is 11.8 Å². The molecule has 1 fully saturated rings. The minimum atomic E-state index is -0.852. The largest absolute Gasteiger partial charge is 0.340 e. The van der Waals surface area contributed by atoms with Gasteiger partial charge in [-0.05, 0) is 67.5 Å². The number of rotatable bonds is 3. The van der Waals surface area contributed by atoms with Gasteiger partial charge in [-0.3, -0.25) is 9.59 Å². The van der Waals surface area contributed by atoms with E-state index in [0.717, 1.165) is 9.13 Å². The molecule has 2 rings (SSSR count). The third kappa shape index (κ3) is 2.93. The van der Waals surface area contributed by atoms with Crippen LogP contribution in [0.15, 0.2) is 24.3 Å².